The van der Waals surface area contributed by atoms with Gasteiger partial charge in [-0.25, -0.2) is 14.6 Å². The first-order valence-electron chi connectivity index (χ1n) is 5.97. The van der Waals surface area contributed by atoms with E-state index in [1.165, 1.54) is 17.3 Å². The summed E-state index contributed by atoms with van der Waals surface area (Å²) >= 11 is 0. The molecule has 0 aliphatic heterocycles. The van der Waals surface area contributed by atoms with Gasteiger partial charge in [0, 0.05) is 0 Å². The Bertz CT molecular complexity index is 750. The van der Waals surface area contributed by atoms with Gasteiger partial charge in [-0.2, -0.15) is 10.4 Å². The van der Waals surface area contributed by atoms with Crippen molar-refractivity contribution < 1.29 is 4.79 Å². The Balaban J connectivity index is 1.89. The standard InChI is InChI=1S/C13H10N6O/c14-5-9(12(20)6-19-8-15-7-16-19)13-17-10-3-1-2-4-11(10)18-13/h1-4,7-9H,6H2,(H,17,18)/t9-/m1/s1. The highest BCUT2D eigenvalue weighted by Gasteiger charge is 2.24. The third-order valence-corrected chi connectivity index (χ3v) is 2.92. The second kappa shape index (κ2) is 4.93. The van der Waals surface area contributed by atoms with Crippen molar-refractivity contribution >= 4 is 16.8 Å². The lowest BCUT2D eigenvalue weighted by Crippen LogP contribution is -2.19. The lowest BCUT2D eigenvalue weighted by atomic mass is 10.1. The number of imidazole rings is 1. The minimum atomic E-state index is -0.938. The lowest BCUT2D eigenvalue weighted by molar-refractivity contribution is -0.120. The van der Waals surface area contributed by atoms with Crippen LogP contribution in [0.5, 0.6) is 0 Å². The Morgan fingerprint density at radius 1 is 1.45 bits per heavy atom. The number of rotatable bonds is 4. The molecule has 1 aromatic carbocycles. The number of hydrogen-bond acceptors (Lipinski definition) is 5. The molecule has 0 bridgehead atoms. The smallest absolute Gasteiger partial charge is 0.179 e. The molecule has 98 valence electrons. The summed E-state index contributed by atoms with van der Waals surface area (Å²) in [4.78, 5) is 23.2. The summed E-state index contributed by atoms with van der Waals surface area (Å²) in [6.07, 6.45) is 2.78. The molecule has 0 fully saturated rings. The Labute approximate surface area is 113 Å². The molecule has 0 spiro atoms. The third-order valence-electron chi connectivity index (χ3n) is 2.92. The second-order valence-corrected chi connectivity index (χ2v) is 4.26. The number of aromatic nitrogens is 5. The van der Waals surface area contributed by atoms with Gasteiger partial charge in [-0.3, -0.25) is 4.79 Å². The topological polar surface area (TPSA) is 100 Å². The van der Waals surface area contributed by atoms with Gasteiger partial charge in [-0.1, -0.05) is 12.1 Å². The van der Waals surface area contributed by atoms with Crippen LogP contribution in [0.25, 0.3) is 11.0 Å². The van der Waals surface area contributed by atoms with Gasteiger partial charge >= 0.3 is 0 Å². The highest BCUT2D eigenvalue weighted by atomic mass is 16.1. The SMILES string of the molecule is N#C[C@H](C(=O)Cn1cncn1)c1nc2ccccc2[nH]1. The normalized spacial score (nSPS) is 12.2. The van der Waals surface area contributed by atoms with Crippen LogP contribution in [0.1, 0.15) is 11.7 Å². The maximum absolute atomic E-state index is 12.1. The van der Waals surface area contributed by atoms with Crippen LogP contribution in [0.2, 0.25) is 0 Å². The first-order valence-corrected chi connectivity index (χ1v) is 5.97. The Hall–Kier alpha value is -3.01. The van der Waals surface area contributed by atoms with E-state index in [0.29, 0.717) is 5.82 Å². The molecule has 0 aliphatic rings. The average molecular weight is 266 g/mol. The van der Waals surface area contributed by atoms with E-state index >= 15 is 0 Å². The minimum absolute atomic E-state index is 0.00469. The molecule has 0 aliphatic carbocycles. The van der Waals surface area contributed by atoms with Crippen molar-refractivity contribution in [3.63, 3.8) is 0 Å². The molecule has 7 nitrogen and oxygen atoms in total. The number of Topliss-reactive ketones (excluding diaryl/α,β-unsaturated/α-hetero) is 1. The number of benzene rings is 1. The summed E-state index contributed by atoms with van der Waals surface area (Å²) in [5.41, 5.74) is 1.53. The van der Waals surface area contributed by atoms with Crippen LogP contribution in [0.3, 0.4) is 0 Å². The summed E-state index contributed by atoms with van der Waals surface area (Å²) in [5, 5.41) is 13.1. The predicted molar refractivity (Wildman–Crippen MR) is 69.5 cm³/mol. The Kier molecular flexibility index (Phi) is 2.97. The molecule has 1 N–H and O–H groups in total. The average Bonchev–Trinajstić information content (AvgIpc) is 3.08. The van der Waals surface area contributed by atoms with Crippen molar-refractivity contribution in [3.05, 3.63) is 42.7 Å². The number of para-hydroxylation sites is 2. The predicted octanol–water partition coefficient (Wildman–Crippen LogP) is 1.03. The van der Waals surface area contributed by atoms with Crippen molar-refractivity contribution in [2.75, 3.05) is 0 Å². The summed E-state index contributed by atoms with van der Waals surface area (Å²) in [5.74, 6) is -0.859. The molecule has 0 saturated carbocycles. The van der Waals surface area contributed by atoms with E-state index in [9.17, 15) is 10.1 Å². The summed E-state index contributed by atoms with van der Waals surface area (Å²) in [7, 11) is 0. The molecule has 0 saturated heterocycles. The molecule has 0 unspecified atom stereocenters. The summed E-state index contributed by atoms with van der Waals surface area (Å²) in [6, 6.07) is 9.38. The van der Waals surface area contributed by atoms with E-state index in [4.69, 9.17) is 0 Å². The van der Waals surface area contributed by atoms with E-state index < -0.39 is 5.92 Å². The van der Waals surface area contributed by atoms with Crippen LogP contribution in [0.15, 0.2) is 36.9 Å². The molecule has 2 aromatic heterocycles. The Morgan fingerprint density at radius 3 is 3.00 bits per heavy atom. The molecule has 1 atom stereocenters. The fourth-order valence-electron chi connectivity index (χ4n) is 1.96. The monoisotopic (exact) mass is 266 g/mol. The van der Waals surface area contributed by atoms with Crippen molar-refractivity contribution in [1.82, 2.24) is 24.7 Å². The number of fused-ring (bicyclic) bond motifs is 1. The fourth-order valence-corrected chi connectivity index (χ4v) is 1.96. The van der Waals surface area contributed by atoms with Crippen LogP contribution < -0.4 is 0 Å². The molecule has 0 amide bonds. The van der Waals surface area contributed by atoms with Gasteiger partial charge in [0.25, 0.3) is 0 Å². The van der Waals surface area contributed by atoms with Gasteiger partial charge < -0.3 is 4.98 Å². The zero-order chi connectivity index (χ0) is 13.9. The molecular formula is C13H10N6O. The highest BCUT2D eigenvalue weighted by Crippen LogP contribution is 2.18. The number of nitrogens with zero attached hydrogens (tertiary/aromatic N) is 5. The number of carbonyl (C=O) groups is 1. The van der Waals surface area contributed by atoms with Crippen molar-refractivity contribution in [2.24, 2.45) is 0 Å². The number of nitriles is 1. The van der Waals surface area contributed by atoms with E-state index in [-0.39, 0.29) is 12.3 Å². The van der Waals surface area contributed by atoms with Gasteiger partial charge in [0.1, 0.15) is 25.0 Å². The quantitative estimate of drug-likeness (QED) is 0.760. The number of aromatic amines is 1. The summed E-state index contributed by atoms with van der Waals surface area (Å²) in [6.45, 7) is -0.00469. The third kappa shape index (κ3) is 2.14. The molecule has 7 heteroatoms. The van der Waals surface area contributed by atoms with Crippen LogP contribution in [0.4, 0.5) is 0 Å². The van der Waals surface area contributed by atoms with E-state index in [1.54, 1.807) is 0 Å². The van der Waals surface area contributed by atoms with E-state index in [1.807, 2.05) is 30.3 Å². The van der Waals surface area contributed by atoms with Crippen molar-refractivity contribution in [2.45, 2.75) is 12.5 Å². The molecule has 0 radical (unpaired) electrons. The fraction of sp³-hybridized carbons (Fsp3) is 0.154. The number of ketones is 1. The minimum Gasteiger partial charge on any atom is -0.340 e. The van der Waals surface area contributed by atoms with Crippen molar-refractivity contribution in [1.29, 1.82) is 5.26 Å². The number of H-pyrrole nitrogens is 1. The maximum atomic E-state index is 12.1. The first-order chi connectivity index (χ1) is 9.78. The van der Waals surface area contributed by atoms with E-state index in [0.717, 1.165) is 11.0 Å². The van der Waals surface area contributed by atoms with Crippen LogP contribution in [0, 0.1) is 11.3 Å². The largest absolute Gasteiger partial charge is 0.340 e. The molecular weight excluding hydrogens is 256 g/mol. The van der Waals surface area contributed by atoms with Gasteiger partial charge in [0.05, 0.1) is 17.1 Å². The number of carbonyl (C=O) groups excluding carboxylic acids is 1. The maximum Gasteiger partial charge on any atom is 0.179 e. The molecule has 20 heavy (non-hydrogen) atoms. The van der Waals surface area contributed by atoms with Gasteiger partial charge in [0.2, 0.25) is 0 Å². The number of nitrogens with one attached hydrogen (secondary N) is 1. The van der Waals surface area contributed by atoms with Gasteiger partial charge in [0.15, 0.2) is 11.7 Å². The lowest BCUT2D eigenvalue weighted by Gasteiger charge is -2.04. The molecule has 3 aromatic rings. The van der Waals surface area contributed by atoms with Gasteiger partial charge in [-0.05, 0) is 12.1 Å². The van der Waals surface area contributed by atoms with Crippen LogP contribution in [-0.2, 0) is 11.3 Å². The zero-order valence-corrected chi connectivity index (χ0v) is 10.4. The second-order valence-electron chi connectivity index (χ2n) is 4.26. The summed E-state index contributed by atoms with van der Waals surface area (Å²) < 4.78 is 1.38. The highest BCUT2D eigenvalue weighted by molar-refractivity contribution is 5.88. The molecule has 2 heterocycles. The first kappa shape index (κ1) is 12.0. The van der Waals surface area contributed by atoms with Crippen LogP contribution in [-0.4, -0.2) is 30.5 Å². The van der Waals surface area contributed by atoms with E-state index in [2.05, 4.69) is 20.1 Å². The number of hydrogen-bond donors (Lipinski definition) is 1. The van der Waals surface area contributed by atoms with Gasteiger partial charge in [-0.15, -0.1) is 0 Å². The Morgan fingerprint density at radius 2 is 2.30 bits per heavy atom. The zero-order valence-electron chi connectivity index (χ0n) is 10.4. The van der Waals surface area contributed by atoms with Crippen LogP contribution >= 0.6 is 0 Å². The van der Waals surface area contributed by atoms with Crippen molar-refractivity contribution in [3.8, 4) is 6.07 Å². The molecule has 3 rings (SSSR count).